The molecule has 0 radical (unpaired) electrons. The molecule has 1 atom stereocenters. The summed E-state index contributed by atoms with van der Waals surface area (Å²) >= 11 is 11.5. The largest absolute Gasteiger partial charge is 0.420 e. The summed E-state index contributed by atoms with van der Waals surface area (Å²) in [7, 11) is -1.94. The minimum atomic E-state index is -1.94. The van der Waals surface area contributed by atoms with Gasteiger partial charge in [0.05, 0.1) is 0 Å². The molecule has 0 aliphatic heterocycles. The molecular weight excluding hydrogens is 359 g/mol. The van der Waals surface area contributed by atoms with E-state index in [2.05, 4.69) is 12.2 Å². The van der Waals surface area contributed by atoms with E-state index in [0.29, 0.717) is 10.9 Å². The highest BCUT2D eigenvalue weighted by molar-refractivity contribution is 8.26. The maximum absolute atomic E-state index is 10.4. The molecule has 0 fully saturated rings. The Morgan fingerprint density at radius 1 is 1.23 bits per heavy atom. The van der Waals surface area contributed by atoms with Crippen LogP contribution in [0.25, 0.3) is 0 Å². The molecule has 0 bridgehead atoms. The number of halogens is 1. The molecule has 0 aliphatic carbocycles. The summed E-state index contributed by atoms with van der Waals surface area (Å²) in [6.45, 7) is 0. The van der Waals surface area contributed by atoms with E-state index in [0.717, 1.165) is 16.3 Å². The van der Waals surface area contributed by atoms with Crippen molar-refractivity contribution in [2.75, 3.05) is 0 Å². The normalized spacial score (nSPS) is 10.2. The Balaban J connectivity index is 0.000000224. The zero-order chi connectivity index (χ0) is 16.4. The first kappa shape index (κ1) is 18.8. The van der Waals surface area contributed by atoms with E-state index in [4.69, 9.17) is 27.3 Å². The maximum Gasteiger partial charge on any atom is 0.420 e. The second-order valence-corrected chi connectivity index (χ2v) is 6.95. The Bertz CT molecular complexity index is 612. The highest BCUT2D eigenvalue weighted by Crippen LogP contribution is 2.22. The van der Waals surface area contributed by atoms with Crippen molar-refractivity contribution < 1.29 is 14.5 Å². The molecule has 22 heavy (non-hydrogen) atoms. The van der Waals surface area contributed by atoms with Crippen LogP contribution in [0.15, 0.2) is 54.6 Å². The van der Waals surface area contributed by atoms with Crippen molar-refractivity contribution in [3.8, 4) is 5.75 Å². The van der Waals surface area contributed by atoms with E-state index in [1.54, 1.807) is 24.3 Å². The summed E-state index contributed by atoms with van der Waals surface area (Å²) < 4.78 is 15.1. The lowest BCUT2D eigenvalue weighted by Gasteiger charge is -1.96. The third kappa shape index (κ3) is 8.95. The predicted octanol–water partition coefficient (Wildman–Crippen LogP) is 2.92. The zero-order valence-corrected chi connectivity index (χ0v) is 14.8. The molecule has 0 amide bonds. The fraction of sp³-hybridized carbons (Fsp3) is 0.0714. The molecule has 2 aromatic carbocycles. The van der Waals surface area contributed by atoms with Crippen molar-refractivity contribution >= 4 is 48.0 Å². The number of hydrogen-bond acceptors (Lipinski definition) is 4. The van der Waals surface area contributed by atoms with Gasteiger partial charge < -0.3 is 12.2 Å². The highest BCUT2D eigenvalue weighted by Gasteiger charge is 1.99. The Labute approximate surface area is 144 Å². The van der Waals surface area contributed by atoms with E-state index in [1.165, 1.54) is 11.8 Å². The lowest BCUT2D eigenvalue weighted by Crippen LogP contribution is -2.43. The van der Waals surface area contributed by atoms with Gasteiger partial charge in [-0.1, -0.05) is 46.5 Å². The Kier molecular flexibility index (Phi) is 9.01. The van der Waals surface area contributed by atoms with Crippen molar-refractivity contribution in [2.45, 2.75) is 5.75 Å². The molecule has 0 spiro atoms. The molecule has 0 saturated carbocycles. The number of amidine groups is 1. The predicted molar refractivity (Wildman–Crippen MR) is 95.9 cm³/mol. The number of benzene rings is 2. The van der Waals surface area contributed by atoms with Crippen LogP contribution < -0.4 is 15.7 Å². The van der Waals surface area contributed by atoms with Crippen molar-refractivity contribution in [1.29, 1.82) is 0 Å². The summed E-state index contributed by atoms with van der Waals surface area (Å²) in [5.74, 6) is 1.35. The molecule has 4 nitrogen and oxygen atoms in total. The summed E-state index contributed by atoms with van der Waals surface area (Å²) in [6, 6.07) is 16.5. The maximum atomic E-state index is 10.4. The third-order valence-corrected chi connectivity index (χ3v) is 3.89. The van der Waals surface area contributed by atoms with Crippen LogP contribution in [0, 0.1) is 0 Å². The number of nitrogens with two attached hydrogens (primary N) is 2. The van der Waals surface area contributed by atoms with Gasteiger partial charge in [0.15, 0.2) is 5.75 Å². The molecule has 0 aromatic heterocycles. The lowest BCUT2D eigenvalue weighted by molar-refractivity contribution is -0.110. The summed E-state index contributed by atoms with van der Waals surface area (Å²) in [6.07, 6.45) is 0. The molecule has 4 N–H and O–H groups in total. The molecule has 116 valence electrons. The molecule has 0 heterocycles. The van der Waals surface area contributed by atoms with Gasteiger partial charge in [-0.2, -0.15) is 0 Å². The van der Waals surface area contributed by atoms with Gasteiger partial charge in [-0.25, -0.2) is 0 Å². The Morgan fingerprint density at radius 2 is 1.82 bits per heavy atom. The second-order valence-electron chi connectivity index (χ2n) is 3.95. The van der Waals surface area contributed by atoms with E-state index in [1.807, 2.05) is 30.3 Å². The standard InChI is InChI=1S/C8H9ClN2S.C6H5O2PS/c9-7-3-1-6(2-4-7)5-12-8(10)11;7-9(10)8-6-4-2-1-3-5-6/h1-4H,5H2,(H3,10,11);1-5H/p+1. The molecule has 0 saturated heterocycles. The van der Waals surface area contributed by atoms with Crippen LogP contribution in [0.5, 0.6) is 5.75 Å². The van der Waals surface area contributed by atoms with Crippen LogP contribution >= 0.6 is 30.6 Å². The smallest absolute Gasteiger partial charge is 0.397 e. The molecule has 0 aliphatic rings. The number of rotatable bonds is 4. The zero-order valence-electron chi connectivity index (χ0n) is 11.5. The van der Waals surface area contributed by atoms with Crippen LogP contribution in [0.4, 0.5) is 0 Å². The quantitative estimate of drug-likeness (QED) is 0.373. The van der Waals surface area contributed by atoms with Crippen LogP contribution in [0.3, 0.4) is 0 Å². The molecule has 2 aromatic rings. The summed E-state index contributed by atoms with van der Waals surface area (Å²) in [5.41, 5.74) is 6.47. The van der Waals surface area contributed by atoms with Gasteiger partial charge in [0.2, 0.25) is 0 Å². The number of thioether (sulfide) groups is 1. The van der Waals surface area contributed by atoms with Gasteiger partial charge >= 0.3 is 7.23 Å². The first-order valence-corrected chi connectivity index (χ1v) is 9.65. The van der Waals surface area contributed by atoms with Crippen molar-refractivity contribution in [3.05, 3.63) is 65.2 Å². The molecule has 8 heteroatoms. The SMILES string of the molecule is NC(=[NH2+])SCc1ccc(Cl)cc1.O=[P+]([S-])Oc1ccccc1. The van der Waals surface area contributed by atoms with Crippen LogP contribution in [-0.2, 0) is 22.6 Å². The average Bonchev–Trinajstić information content (AvgIpc) is 2.48. The average molecular weight is 374 g/mol. The van der Waals surface area contributed by atoms with Crippen molar-refractivity contribution in [2.24, 2.45) is 5.73 Å². The molecule has 2 rings (SSSR count). The van der Waals surface area contributed by atoms with Gasteiger partial charge in [-0.15, -0.1) is 0 Å². The minimum Gasteiger partial charge on any atom is -0.397 e. The summed E-state index contributed by atoms with van der Waals surface area (Å²) in [4.78, 5) is 0. The van der Waals surface area contributed by atoms with E-state index >= 15 is 0 Å². The number of para-hydroxylation sites is 1. The van der Waals surface area contributed by atoms with Crippen molar-refractivity contribution in [1.82, 2.24) is 0 Å². The first-order valence-electron chi connectivity index (χ1n) is 6.10. The van der Waals surface area contributed by atoms with Gasteiger partial charge in [0.25, 0.3) is 5.17 Å². The molecule has 1 unspecified atom stereocenters. The minimum absolute atomic E-state index is 0.393. The van der Waals surface area contributed by atoms with E-state index in [-0.39, 0.29) is 0 Å². The van der Waals surface area contributed by atoms with Crippen LogP contribution in [-0.4, -0.2) is 5.17 Å². The fourth-order valence-electron chi connectivity index (χ4n) is 1.31. The van der Waals surface area contributed by atoms with Crippen molar-refractivity contribution in [3.63, 3.8) is 0 Å². The van der Waals surface area contributed by atoms with Crippen LogP contribution in [0.1, 0.15) is 5.56 Å². The Hall–Kier alpha value is -1.20. The van der Waals surface area contributed by atoms with Gasteiger partial charge in [0, 0.05) is 10.8 Å². The van der Waals surface area contributed by atoms with Gasteiger partial charge in [-0.3, -0.25) is 15.7 Å². The monoisotopic (exact) mass is 373 g/mol. The number of hydrogen-bond donors (Lipinski definition) is 2. The fourth-order valence-corrected chi connectivity index (χ4v) is 2.52. The molecular formula is C14H15ClN2O2PS2+. The first-order chi connectivity index (χ1) is 10.5. The summed E-state index contributed by atoms with van der Waals surface area (Å²) in [5, 5.41) is 6.44. The Morgan fingerprint density at radius 3 is 2.32 bits per heavy atom. The highest BCUT2D eigenvalue weighted by atomic mass is 35.5. The topological polar surface area (TPSA) is 77.9 Å². The van der Waals surface area contributed by atoms with Gasteiger partial charge in [0.1, 0.15) is 0 Å². The van der Waals surface area contributed by atoms with E-state index < -0.39 is 7.23 Å². The second kappa shape index (κ2) is 10.5. The van der Waals surface area contributed by atoms with Crippen LogP contribution in [0.2, 0.25) is 5.02 Å². The lowest BCUT2D eigenvalue weighted by atomic mass is 10.2. The third-order valence-electron chi connectivity index (χ3n) is 2.24. The van der Waals surface area contributed by atoms with E-state index in [9.17, 15) is 4.57 Å². The van der Waals surface area contributed by atoms with Gasteiger partial charge in [-0.05, 0) is 41.6 Å².